The van der Waals surface area contributed by atoms with Gasteiger partial charge in [-0.1, -0.05) is 12.1 Å². The van der Waals surface area contributed by atoms with Gasteiger partial charge in [-0.05, 0) is 17.7 Å². The molecule has 1 amide bonds. The Morgan fingerprint density at radius 2 is 1.82 bits per heavy atom. The Kier molecular flexibility index (Phi) is 4.25. The standard InChI is InChI=1S/C11H16N2O3S/c1-13(11(14)8-17(2,15)16)10-5-3-9(7-12)4-6-10/h3-6H,7-8,12H2,1-2H3. The van der Waals surface area contributed by atoms with Crippen LogP contribution < -0.4 is 10.6 Å². The summed E-state index contributed by atoms with van der Waals surface area (Å²) >= 11 is 0. The fourth-order valence-electron chi connectivity index (χ4n) is 1.32. The smallest absolute Gasteiger partial charge is 0.241 e. The summed E-state index contributed by atoms with van der Waals surface area (Å²) in [6, 6.07) is 7.09. The lowest BCUT2D eigenvalue weighted by atomic mass is 10.2. The number of amides is 1. The fourth-order valence-corrected chi connectivity index (χ4v) is 1.96. The highest BCUT2D eigenvalue weighted by Crippen LogP contribution is 2.14. The van der Waals surface area contributed by atoms with Crippen LogP contribution >= 0.6 is 0 Å². The van der Waals surface area contributed by atoms with Gasteiger partial charge in [0.05, 0.1) is 0 Å². The first kappa shape index (κ1) is 13.7. The minimum atomic E-state index is -3.30. The van der Waals surface area contributed by atoms with Crippen LogP contribution in [0.2, 0.25) is 0 Å². The van der Waals surface area contributed by atoms with Crippen LogP contribution in [-0.4, -0.2) is 33.4 Å². The van der Waals surface area contributed by atoms with Gasteiger partial charge in [0, 0.05) is 25.5 Å². The largest absolute Gasteiger partial charge is 0.326 e. The number of anilines is 1. The molecule has 6 heteroatoms. The molecule has 5 nitrogen and oxygen atoms in total. The van der Waals surface area contributed by atoms with Crippen molar-refractivity contribution in [2.75, 3.05) is 24.0 Å². The van der Waals surface area contributed by atoms with Crippen LogP contribution in [0.25, 0.3) is 0 Å². The number of nitrogens with two attached hydrogens (primary N) is 1. The molecule has 1 rings (SSSR count). The minimum absolute atomic E-state index is 0.432. The lowest BCUT2D eigenvalue weighted by Crippen LogP contribution is -2.32. The Morgan fingerprint density at radius 3 is 2.24 bits per heavy atom. The molecule has 0 aliphatic rings. The number of carbonyl (C=O) groups is 1. The highest BCUT2D eigenvalue weighted by Gasteiger charge is 2.16. The predicted octanol–water partition coefficient (Wildman–Crippen LogP) is 0.153. The van der Waals surface area contributed by atoms with Crippen molar-refractivity contribution < 1.29 is 13.2 Å². The molecule has 0 bridgehead atoms. The van der Waals surface area contributed by atoms with Crippen LogP contribution in [0.15, 0.2) is 24.3 Å². The van der Waals surface area contributed by atoms with E-state index in [1.54, 1.807) is 31.3 Å². The second kappa shape index (κ2) is 5.29. The summed E-state index contributed by atoms with van der Waals surface area (Å²) in [5.74, 6) is -0.935. The number of nitrogens with zero attached hydrogens (tertiary/aromatic N) is 1. The van der Waals surface area contributed by atoms with Gasteiger partial charge in [0.1, 0.15) is 5.75 Å². The van der Waals surface area contributed by atoms with Crippen molar-refractivity contribution in [3.8, 4) is 0 Å². The first-order valence-electron chi connectivity index (χ1n) is 5.07. The predicted molar refractivity (Wildman–Crippen MR) is 67.5 cm³/mol. The van der Waals surface area contributed by atoms with Crippen molar-refractivity contribution in [3.05, 3.63) is 29.8 Å². The van der Waals surface area contributed by atoms with E-state index in [0.717, 1.165) is 11.8 Å². The Balaban J connectivity index is 2.81. The maximum atomic E-state index is 11.6. The number of carbonyl (C=O) groups excluding carboxylic acids is 1. The van der Waals surface area contributed by atoms with E-state index in [9.17, 15) is 13.2 Å². The molecule has 0 aromatic heterocycles. The molecule has 0 fully saturated rings. The summed E-state index contributed by atoms with van der Waals surface area (Å²) in [6.07, 6.45) is 1.04. The maximum Gasteiger partial charge on any atom is 0.241 e. The van der Waals surface area contributed by atoms with Crippen molar-refractivity contribution >= 4 is 21.4 Å². The van der Waals surface area contributed by atoms with Crippen LogP contribution in [0.1, 0.15) is 5.56 Å². The molecule has 0 aliphatic heterocycles. The average Bonchev–Trinajstić information content (AvgIpc) is 2.26. The Hall–Kier alpha value is -1.40. The zero-order valence-electron chi connectivity index (χ0n) is 9.88. The van der Waals surface area contributed by atoms with Gasteiger partial charge < -0.3 is 10.6 Å². The van der Waals surface area contributed by atoms with Crippen LogP contribution in [0.4, 0.5) is 5.69 Å². The Bertz CT molecular complexity index is 494. The lowest BCUT2D eigenvalue weighted by molar-refractivity contribution is -0.115. The Morgan fingerprint density at radius 1 is 1.29 bits per heavy atom. The number of benzene rings is 1. The molecule has 17 heavy (non-hydrogen) atoms. The molecule has 0 unspecified atom stereocenters. The average molecular weight is 256 g/mol. The third-order valence-electron chi connectivity index (χ3n) is 2.32. The molecule has 0 heterocycles. The van der Waals surface area contributed by atoms with E-state index in [1.165, 1.54) is 4.90 Å². The third kappa shape index (κ3) is 4.16. The van der Waals surface area contributed by atoms with Crippen molar-refractivity contribution in [2.45, 2.75) is 6.54 Å². The maximum absolute atomic E-state index is 11.6. The van der Waals surface area contributed by atoms with Crippen molar-refractivity contribution in [1.82, 2.24) is 0 Å². The van der Waals surface area contributed by atoms with Gasteiger partial charge in [-0.2, -0.15) is 0 Å². The summed E-state index contributed by atoms with van der Waals surface area (Å²) in [5, 5.41) is 0. The zero-order valence-corrected chi connectivity index (χ0v) is 10.7. The van der Waals surface area contributed by atoms with Gasteiger partial charge >= 0.3 is 0 Å². The van der Waals surface area contributed by atoms with Gasteiger partial charge in [0.25, 0.3) is 0 Å². The van der Waals surface area contributed by atoms with Gasteiger partial charge in [0.2, 0.25) is 5.91 Å². The molecular formula is C11H16N2O3S. The molecular weight excluding hydrogens is 240 g/mol. The second-order valence-corrected chi connectivity index (χ2v) is 6.03. The summed E-state index contributed by atoms with van der Waals surface area (Å²) in [6.45, 7) is 0.432. The first-order valence-corrected chi connectivity index (χ1v) is 7.13. The lowest BCUT2D eigenvalue weighted by Gasteiger charge is -2.17. The number of hydrogen-bond donors (Lipinski definition) is 1. The summed E-state index contributed by atoms with van der Waals surface area (Å²) in [7, 11) is -1.75. The highest BCUT2D eigenvalue weighted by atomic mass is 32.2. The molecule has 1 aromatic rings. The van der Waals surface area contributed by atoms with E-state index in [-0.39, 0.29) is 0 Å². The third-order valence-corrected chi connectivity index (χ3v) is 3.09. The fraction of sp³-hybridized carbons (Fsp3) is 0.364. The van der Waals surface area contributed by atoms with Gasteiger partial charge in [0.15, 0.2) is 9.84 Å². The minimum Gasteiger partial charge on any atom is -0.326 e. The molecule has 0 radical (unpaired) electrons. The number of hydrogen-bond acceptors (Lipinski definition) is 4. The molecule has 0 atom stereocenters. The normalized spacial score (nSPS) is 11.2. The van der Waals surface area contributed by atoms with Crippen molar-refractivity contribution in [1.29, 1.82) is 0 Å². The van der Waals surface area contributed by atoms with E-state index >= 15 is 0 Å². The summed E-state index contributed by atoms with van der Waals surface area (Å²) < 4.78 is 22.0. The van der Waals surface area contributed by atoms with Gasteiger partial charge in [-0.3, -0.25) is 4.79 Å². The molecule has 0 saturated carbocycles. The van der Waals surface area contributed by atoms with E-state index in [1.807, 2.05) is 0 Å². The van der Waals surface area contributed by atoms with Crippen LogP contribution in [0.5, 0.6) is 0 Å². The van der Waals surface area contributed by atoms with Gasteiger partial charge in [-0.25, -0.2) is 8.42 Å². The molecule has 94 valence electrons. The van der Waals surface area contributed by atoms with E-state index < -0.39 is 21.5 Å². The van der Waals surface area contributed by atoms with E-state index in [2.05, 4.69) is 0 Å². The van der Waals surface area contributed by atoms with E-state index in [4.69, 9.17) is 5.73 Å². The van der Waals surface area contributed by atoms with Gasteiger partial charge in [-0.15, -0.1) is 0 Å². The van der Waals surface area contributed by atoms with Crippen LogP contribution in [0, 0.1) is 0 Å². The van der Waals surface area contributed by atoms with Crippen molar-refractivity contribution in [3.63, 3.8) is 0 Å². The monoisotopic (exact) mass is 256 g/mol. The number of rotatable bonds is 4. The first-order chi connectivity index (χ1) is 7.83. The Labute approximate surface area is 101 Å². The quantitative estimate of drug-likeness (QED) is 0.831. The highest BCUT2D eigenvalue weighted by molar-refractivity contribution is 7.91. The topological polar surface area (TPSA) is 80.5 Å². The van der Waals surface area contributed by atoms with E-state index in [0.29, 0.717) is 12.2 Å². The molecule has 0 aliphatic carbocycles. The van der Waals surface area contributed by atoms with Crippen LogP contribution in [-0.2, 0) is 21.2 Å². The molecule has 2 N–H and O–H groups in total. The molecule has 0 saturated heterocycles. The van der Waals surface area contributed by atoms with Crippen LogP contribution in [0.3, 0.4) is 0 Å². The SMILES string of the molecule is CN(C(=O)CS(C)(=O)=O)c1ccc(CN)cc1. The zero-order chi connectivity index (χ0) is 13.1. The number of sulfone groups is 1. The molecule has 0 spiro atoms. The van der Waals surface area contributed by atoms with Crippen molar-refractivity contribution in [2.24, 2.45) is 5.73 Å². The molecule has 1 aromatic carbocycles. The summed E-state index contributed by atoms with van der Waals surface area (Å²) in [5.41, 5.74) is 7.06. The second-order valence-electron chi connectivity index (χ2n) is 3.89. The summed E-state index contributed by atoms with van der Waals surface area (Å²) in [4.78, 5) is 13.0.